The Morgan fingerprint density at radius 1 is 1.19 bits per heavy atom. The molecule has 2 amide bonds. The van der Waals surface area contributed by atoms with E-state index >= 15 is 0 Å². The van der Waals surface area contributed by atoms with E-state index in [0.29, 0.717) is 27.6 Å². The van der Waals surface area contributed by atoms with Crippen LogP contribution in [0.3, 0.4) is 0 Å². The average Bonchev–Trinajstić information content (AvgIpc) is 3.30. The molecule has 8 heteroatoms. The molecule has 0 radical (unpaired) electrons. The topological polar surface area (TPSA) is 80.3 Å². The fourth-order valence-corrected chi connectivity index (χ4v) is 4.14. The van der Waals surface area contributed by atoms with Crippen LogP contribution in [0.4, 0.5) is 5.69 Å². The summed E-state index contributed by atoms with van der Waals surface area (Å²) in [5, 5.41) is 8.17. The number of nitrogens with one attached hydrogen (secondary N) is 2. The zero-order valence-corrected chi connectivity index (χ0v) is 16.1. The number of anilines is 1. The van der Waals surface area contributed by atoms with Gasteiger partial charge in [-0.1, -0.05) is 6.07 Å². The van der Waals surface area contributed by atoms with E-state index in [1.165, 1.54) is 18.4 Å². The molecule has 0 spiro atoms. The van der Waals surface area contributed by atoms with Crippen LogP contribution in [0.1, 0.15) is 25.7 Å². The SMILES string of the molecule is CNC(=O)c1ccc(OC)c(NC(=O)c2sc(-c3cccs3)nc2C)c1. The van der Waals surface area contributed by atoms with Crippen molar-refractivity contribution < 1.29 is 14.3 Å². The van der Waals surface area contributed by atoms with Crippen LogP contribution in [0.2, 0.25) is 0 Å². The van der Waals surface area contributed by atoms with Gasteiger partial charge in [0.05, 0.1) is 23.4 Å². The number of aryl methyl sites for hydroxylation is 1. The number of amides is 2. The molecular formula is C18H17N3O3S2. The lowest BCUT2D eigenvalue weighted by atomic mass is 10.1. The Kier molecular flexibility index (Phi) is 5.34. The first kappa shape index (κ1) is 18.1. The Balaban J connectivity index is 1.89. The monoisotopic (exact) mass is 387 g/mol. The number of nitrogens with zero attached hydrogens (tertiary/aromatic N) is 1. The maximum Gasteiger partial charge on any atom is 0.267 e. The van der Waals surface area contributed by atoms with Crippen LogP contribution in [-0.2, 0) is 0 Å². The maximum atomic E-state index is 12.7. The molecule has 6 nitrogen and oxygen atoms in total. The van der Waals surface area contributed by atoms with E-state index < -0.39 is 0 Å². The van der Waals surface area contributed by atoms with Crippen molar-refractivity contribution in [2.75, 3.05) is 19.5 Å². The number of hydrogen-bond donors (Lipinski definition) is 2. The van der Waals surface area contributed by atoms with Crippen LogP contribution >= 0.6 is 22.7 Å². The molecule has 2 N–H and O–H groups in total. The summed E-state index contributed by atoms with van der Waals surface area (Å²) in [5.74, 6) is -0.0427. The van der Waals surface area contributed by atoms with Crippen LogP contribution in [0.5, 0.6) is 5.75 Å². The van der Waals surface area contributed by atoms with Gasteiger partial charge in [0.25, 0.3) is 11.8 Å². The molecule has 0 saturated heterocycles. The first-order chi connectivity index (χ1) is 12.5. The fourth-order valence-electron chi connectivity index (χ4n) is 2.38. The van der Waals surface area contributed by atoms with Gasteiger partial charge in [0.15, 0.2) is 0 Å². The van der Waals surface area contributed by atoms with Crippen LogP contribution < -0.4 is 15.4 Å². The number of carbonyl (C=O) groups excluding carboxylic acids is 2. The predicted molar refractivity (Wildman–Crippen MR) is 105 cm³/mol. The molecule has 0 aliphatic carbocycles. The highest BCUT2D eigenvalue weighted by Crippen LogP contribution is 2.32. The summed E-state index contributed by atoms with van der Waals surface area (Å²) in [5.41, 5.74) is 1.53. The number of rotatable bonds is 5. The molecule has 2 heterocycles. The zero-order valence-electron chi connectivity index (χ0n) is 14.5. The van der Waals surface area contributed by atoms with E-state index in [-0.39, 0.29) is 11.8 Å². The lowest BCUT2D eigenvalue weighted by molar-refractivity contribution is 0.0961. The third-order valence-electron chi connectivity index (χ3n) is 3.67. The van der Waals surface area contributed by atoms with Crippen molar-refractivity contribution in [2.45, 2.75) is 6.92 Å². The number of hydrogen-bond acceptors (Lipinski definition) is 6. The Labute approximate surface area is 158 Å². The summed E-state index contributed by atoms with van der Waals surface area (Å²) in [6.07, 6.45) is 0. The molecule has 1 aromatic carbocycles. The summed E-state index contributed by atoms with van der Waals surface area (Å²) < 4.78 is 5.29. The van der Waals surface area contributed by atoms with Gasteiger partial charge in [-0.2, -0.15) is 0 Å². The van der Waals surface area contributed by atoms with Gasteiger partial charge in [-0.15, -0.1) is 22.7 Å². The summed E-state index contributed by atoms with van der Waals surface area (Å²) in [6, 6.07) is 8.80. The average molecular weight is 387 g/mol. The molecule has 0 bridgehead atoms. The molecule has 0 aliphatic heterocycles. The van der Waals surface area contributed by atoms with Crippen LogP contribution in [-0.4, -0.2) is 31.0 Å². The third-order valence-corrected chi connectivity index (χ3v) is 5.87. The largest absolute Gasteiger partial charge is 0.495 e. The first-order valence-electron chi connectivity index (χ1n) is 7.76. The Morgan fingerprint density at radius 3 is 2.65 bits per heavy atom. The summed E-state index contributed by atoms with van der Waals surface area (Å²) in [7, 11) is 3.06. The standard InChI is InChI=1S/C18H17N3O3S2/c1-10-15(26-18(20-10)14-5-4-8-25-14)17(23)21-12-9-11(16(22)19-2)6-7-13(12)24-3/h4-9H,1-3H3,(H,19,22)(H,21,23). The second-order valence-electron chi connectivity index (χ2n) is 5.36. The normalized spacial score (nSPS) is 10.4. The molecule has 134 valence electrons. The maximum absolute atomic E-state index is 12.7. The van der Waals surface area contributed by atoms with Gasteiger partial charge >= 0.3 is 0 Å². The number of benzene rings is 1. The van der Waals surface area contributed by atoms with Gasteiger partial charge in [0.2, 0.25) is 0 Å². The minimum Gasteiger partial charge on any atom is -0.495 e. The number of aromatic nitrogens is 1. The van der Waals surface area contributed by atoms with Crippen LogP contribution in [0, 0.1) is 6.92 Å². The Morgan fingerprint density at radius 2 is 2.00 bits per heavy atom. The predicted octanol–water partition coefficient (Wildman–Crippen LogP) is 3.80. The molecule has 3 rings (SSSR count). The molecule has 0 fully saturated rings. The minimum absolute atomic E-state index is 0.239. The summed E-state index contributed by atoms with van der Waals surface area (Å²) in [4.78, 5) is 30.6. The van der Waals surface area contributed by atoms with Crippen molar-refractivity contribution in [2.24, 2.45) is 0 Å². The van der Waals surface area contributed by atoms with Gasteiger partial charge in [-0.05, 0) is 36.6 Å². The van der Waals surface area contributed by atoms with E-state index in [9.17, 15) is 9.59 Å². The zero-order chi connectivity index (χ0) is 18.7. The number of thiophene rings is 1. The van der Waals surface area contributed by atoms with Crippen molar-refractivity contribution in [1.82, 2.24) is 10.3 Å². The van der Waals surface area contributed by atoms with Crippen molar-refractivity contribution in [3.8, 4) is 15.6 Å². The number of thiazole rings is 1. The molecule has 0 saturated carbocycles. The molecule has 3 aromatic rings. The van der Waals surface area contributed by atoms with E-state index in [2.05, 4.69) is 15.6 Å². The van der Waals surface area contributed by atoms with Crippen molar-refractivity contribution in [3.05, 3.63) is 51.8 Å². The highest BCUT2D eigenvalue weighted by molar-refractivity contribution is 7.22. The fraction of sp³-hybridized carbons (Fsp3) is 0.167. The number of methoxy groups -OCH3 is 1. The van der Waals surface area contributed by atoms with Crippen LogP contribution in [0.15, 0.2) is 35.7 Å². The lowest BCUT2D eigenvalue weighted by Gasteiger charge is -2.11. The van der Waals surface area contributed by atoms with Gasteiger partial charge in [-0.3, -0.25) is 9.59 Å². The molecule has 26 heavy (non-hydrogen) atoms. The smallest absolute Gasteiger partial charge is 0.267 e. The van der Waals surface area contributed by atoms with Crippen molar-refractivity contribution in [3.63, 3.8) is 0 Å². The molecule has 0 atom stereocenters. The van der Waals surface area contributed by atoms with Gasteiger partial charge in [0.1, 0.15) is 15.6 Å². The van der Waals surface area contributed by atoms with Crippen molar-refractivity contribution in [1.29, 1.82) is 0 Å². The molecule has 2 aromatic heterocycles. The number of ether oxygens (including phenoxy) is 1. The van der Waals surface area contributed by atoms with Crippen molar-refractivity contribution >= 4 is 40.2 Å². The molecule has 0 unspecified atom stereocenters. The van der Waals surface area contributed by atoms with Crippen LogP contribution in [0.25, 0.3) is 9.88 Å². The van der Waals surface area contributed by atoms with Gasteiger partial charge in [0, 0.05) is 12.6 Å². The van der Waals surface area contributed by atoms with Gasteiger partial charge in [-0.25, -0.2) is 4.98 Å². The molecular weight excluding hydrogens is 370 g/mol. The van der Waals surface area contributed by atoms with E-state index in [0.717, 1.165) is 9.88 Å². The Bertz CT molecular complexity index is 949. The molecule has 0 aliphatic rings. The van der Waals surface area contributed by atoms with E-state index in [1.54, 1.807) is 43.5 Å². The highest BCUT2D eigenvalue weighted by Gasteiger charge is 2.19. The Hall–Kier alpha value is -2.71. The first-order valence-corrected chi connectivity index (χ1v) is 9.46. The second kappa shape index (κ2) is 7.67. The van der Waals surface area contributed by atoms with Gasteiger partial charge < -0.3 is 15.4 Å². The lowest BCUT2D eigenvalue weighted by Crippen LogP contribution is -2.18. The highest BCUT2D eigenvalue weighted by atomic mass is 32.1. The minimum atomic E-state index is -0.282. The second-order valence-corrected chi connectivity index (χ2v) is 7.31. The number of carbonyl (C=O) groups is 2. The van der Waals surface area contributed by atoms with E-state index in [4.69, 9.17) is 4.74 Å². The van der Waals surface area contributed by atoms with E-state index in [1.807, 2.05) is 17.5 Å². The quantitative estimate of drug-likeness (QED) is 0.698. The summed E-state index contributed by atoms with van der Waals surface area (Å²) >= 11 is 2.92. The third kappa shape index (κ3) is 3.61. The summed E-state index contributed by atoms with van der Waals surface area (Å²) in [6.45, 7) is 1.81.